The number of rotatable bonds is 4. The van der Waals surface area contributed by atoms with Crippen LogP contribution >= 0.6 is 0 Å². The molecule has 1 amide bonds. The molecule has 0 aliphatic carbocycles. The number of benzene rings is 1. The summed E-state index contributed by atoms with van der Waals surface area (Å²) < 4.78 is 1.78. The third-order valence-corrected chi connectivity index (χ3v) is 3.71. The molecule has 5 heteroatoms. The van der Waals surface area contributed by atoms with Gasteiger partial charge in [0.1, 0.15) is 6.04 Å². The van der Waals surface area contributed by atoms with Crippen molar-refractivity contribution < 1.29 is 4.79 Å². The van der Waals surface area contributed by atoms with E-state index in [0.717, 1.165) is 22.3 Å². The van der Waals surface area contributed by atoms with Crippen LogP contribution in [0.4, 0.5) is 0 Å². The topological polar surface area (TPSA) is 59.8 Å². The lowest BCUT2D eigenvalue weighted by atomic mass is 10.2. The zero-order chi connectivity index (χ0) is 15.5. The Bertz CT molecular complexity index is 795. The van der Waals surface area contributed by atoms with Gasteiger partial charge in [-0.2, -0.15) is 5.10 Å². The average molecular weight is 294 g/mol. The fourth-order valence-corrected chi connectivity index (χ4v) is 2.48. The number of aryl methyl sites for hydroxylation is 1. The standard InChI is InChI=1S/C17H18N4O/c1-12-15-8-3-4-9-16(15)21(20-12)13(2)17(22)19-11-14-7-5-6-10-18-14/h3-10,13H,11H2,1-2H3,(H,19,22). The Morgan fingerprint density at radius 3 is 2.77 bits per heavy atom. The molecule has 0 saturated heterocycles. The number of pyridine rings is 1. The van der Waals surface area contributed by atoms with E-state index in [-0.39, 0.29) is 11.9 Å². The van der Waals surface area contributed by atoms with Crippen LogP contribution in [0.5, 0.6) is 0 Å². The van der Waals surface area contributed by atoms with E-state index in [1.165, 1.54) is 0 Å². The maximum Gasteiger partial charge on any atom is 0.244 e. The third-order valence-electron chi connectivity index (χ3n) is 3.71. The summed E-state index contributed by atoms with van der Waals surface area (Å²) in [6, 6.07) is 13.2. The Morgan fingerprint density at radius 2 is 2.00 bits per heavy atom. The van der Waals surface area contributed by atoms with Crippen molar-refractivity contribution in [2.24, 2.45) is 0 Å². The van der Waals surface area contributed by atoms with Gasteiger partial charge in [0.15, 0.2) is 0 Å². The van der Waals surface area contributed by atoms with Crippen LogP contribution in [-0.4, -0.2) is 20.7 Å². The number of aromatic nitrogens is 3. The highest BCUT2D eigenvalue weighted by atomic mass is 16.2. The van der Waals surface area contributed by atoms with Gasteiger partial charge in [-0.3, -0.25) is 14.5 Å². The number of carbonyl (C=O) groups is 1. The highest BCUT2D eigenvalue weighted by molar-refractivity contribution is 5.86. The van der Waals surface area contributed by atoms with Gasteiger partial charge < -0.3 is 5.32 Å². The predicted octanol–water partition coefficient (Wildman–Crippen LogP) is 2.62. The number of amides is 1. The summed E-state index contributed by atoms with van der Waals surface area (Å²) in [5.41, 5.74) is 2.74. The Kier molecular flexibility index (Phi) is 3.87. The van der Waals surface area contributed by atoms with Crippen LogP contribution < -0.4 is 5.32 Å². The molecule has 3 aromatic rings. The first kappa shape index (κ1) is 14.3. The fraction of sp³-hybridized carbons (Fsp3) is 0.235. The first-order chi connectivity index (χ1) is 10.7. The quantitative estimate of drug-likeness (QED) is 0.804. The van der Waals surface area contributed by atoms with E-state index in [4.69, 9.17) is 0 Å². The number of hydrogen-bond donors (Lipinski definition) is 1. The van der Waals surface area contributed by atoms with Crippen molar-refractivity contribution in [2.75, 3.05) is 0 Å². The molecule has 0 aliphatic heterocycles. The lowest BCUT2D eigenvalue weighted by Gasteiger charge is -2.13. The molecule has 3 rings (SSSR count). The molecule has 1 N–H and O–H groups in total. The van der Waals surface area contributed by atoms with Gasteiger partial charge in [-0.1, -0.05) is 24.3 Å². The van der Waals surface area contributed by atoms with E-state index in [0.29, 0.717) is 6.54 Å². The van der Waals surface area contributed by atoms with Crippen LogP contribution in [0.2, 0.25) is 0 Å². The molecule has 1 aromatic carbocycles. The van der Waals surface area contributed by atoms with Crippen LogP contribution in [0.25, 0.3) is 10.9 Å². The summed E-state index contributed by atoms with van der Waals surface area (Å²) in [7, 11) is 0. The van der Waals surface area contributed by atoms with Gasteiger partial charge in [-0.25, -0.2) is 0 Å². The van der Waals surface area contributed by atoms with Crippen molar-refractivity contribution in [3.63, 3.8) is 0 Å². The number of nitrogens with zero attached hydrogens (tertiary/aromatic N) is 3. The molecule has 112 valence electrons. The first-order valence-electron chi connectivity index (χ1n) is 7.28. The van der Waals surface area contributed by atoms with E-state index in [9.17, 15) is 4.79 Å². The molecule has 1 unspecified atom stereocenters. The summed E-state index contributed by atoms with van der Waals surface area (Å²) in [5, 5.41) is 8.49. The summed E-state index contributed by atoms with van der Waals surface area (Å²) in [4.78, 5) is 16.6. The largest absolute Gasteiger partial charge is 0.349 e. The first-order valence-corrected chi connectivity index (χ1v) is 7.28. The molecule has 0 radical (unpaired) electrons. The molecule has 2 aromatic heterocycles. The Balaban J connectivity index is 1.77. The van der Waals surface area contributed by atoms with E-state index in [2.05, 4.69) is 15.4 Å². The van der Waals surface area contributed by atoms with Crippen molar-refractivity contribution in [3.05, 3.63) is 60.0 Å². The lowest BCUT2D eigenvalue weighted by molar-refractivity contribution is -0.124. The van der Waals surface area contributed by atoms with Gasteiger partial charge in [0.2, 0.25) is 5.91 Å². The molecule has 0 aliphatic rings. The maximum absolute atomic E-state index is 12.4. The second kappa shape index (κ2) is 5.97. The molecular weight excluding hydrogens is 276 g/mol. The Labute approximate surface area is 129 Å². The number of para-hydroxylation sites is 1. The molecule has 1 atom stereocenters. The van der Waals surface area contributed by atoms with Crippen LogP contribution in [0, 0.1) is 6.92 Å². The lowest BCUT2D eigenvalue weighted by Crippen LogP contribution is -2.31. The van der Waals surface area contributed by atoms with Crippen LogP contribution in [0.1, 0.15) is 24.4 Å². The predicted molar refractivity (Wildman–Crippen MR) is 85.3 cm³/mol. The van der Waals surface area contributed by atoms with Gasteiger partial charge in [0, 0.05) is 11.6 Å². The van der Waals surface area contributed by atoms with Crippen molar-refractivity contribution in [3.8, 4) is 0 Å². The number of hydrogen-bond acceptors (Lipinski definition) is 3. The van der Waals surface area contributed by atoms with Crippen molar-refractivity contribution >= 4 is 16.8 Å². The van der Waals surface area contributed by atoms with E-state index in [1.807, 2.05) is 56.3 Å². The minimum Gasteiger partial charge on any atom is -0.349 e. The second-order valence-electron chi connectivity index (χ2n) is 5.26. The smallest absolute Gasteiger partial charge is 0.244 e. The number of fused-ring (bicyclic) bond motifs is 1. The minimum absolute atomic E-state index is 0.0705. The molecule has 0 spiro atoms. The monoisotopic (exact) mass is 294 g/mol. The third kappa shape index (κ3) is 2.70. The van der Waals surface area contributed by atoms with Crippen molar-refractivity contribution in [2.45, 2.75) is 26.4 Å². The average Bonchev–Trinajstić information content (AvgIpc) is 2.90. The highest BCUT2D eigenvalue weighted by Gasteiger charge is 2.18. The SMILES string of the molecule is Cc1nn(C(C)C(=O)NCc2ccccn2)c2ccccc12. The van der Waals surface area contributed by atoms with E-state index in [1.54, 1.807) is 10.9 Å². The van der Waals surface area contributed by atoms with Gasteiger partial charge in [0.05, 0.1) is 23.4 Å². The Morgan fingerprint density at radius 1 is 1.23 bits per heavy atom. The van der Waals surface area contributed by atoms with Gasteiger partial charge in [-0.05, 0) is 32.0 Å². The van der Waals surface area contributed by atoms with Crippen LogP contribution in [0.3, 0.4) is 0 Å². The second-order valence-corrected chi connectivity index (χ2v) is 5.26. The molecule has 2 heterocycles. The van der Waals surface area contributed by atoms with Crippen molar-refractivity contribution in [1.82, 2.24) is 20.1 Å². The van der Waals surface area contributed by atoms with E-state index < -0.39 is 0 Å². The normalized spacial score (nSPS) is 12.3. The maximum atomic E-state index is 12.4. The molecule has 22 heavy (non-hydrogen) atoms. The highest BCUT2D eigenvalue weighted by Crippen LogP contribution is 2.21. The molecule has 0 fully saturated rings. The van der Waals surface area contributed by atoms with Gasteiger partial charge >= 0.3 is 0 Å². The summed E-state index contributed by atoms with van der Waals surface area (Å²) >= 11 is 0. The molecular formula is C17H18N4O. The van der Waals surface area contributed by atoms with Gasteiger partial charge in [-0.15, -0.1) is 0 Å². The fourth-order valence-electron chi connectivity index (χ4n) is 2.48. The summed E-state index contributed by atoms with van der Waals surface area (Å²) in [6.45, 7) is 4.23. The summed E-state index contributed by atoms with van der Waals surface area (Å²) in [6.07, 6.45) is 1.72. The van der Waals surface area contributed by atoms with Crippen molar-refractivity contribution in [1.29, 1.82) is 0 Å². The van der Waals surface area contributed by atoms with Gasteiger partial charge in [0.25, 0.3) is 0 Å². The number of carbonyl (C=O) groups excluding carboxylic acids is 1. The molecule has 5 nitrogen and oxygen atoms in total. The van der Waals surface area contributed by atoms with E-state index >= 15 is 0 Å². The van der Waals surface area contributed by atoms with Crippen LogP contribution in [-0.2, 0) is 11.3 Å². The zero-order valence-electron chi connectivity index (χ0n) is 12.7. The number of nitrogens with one attached hydrogen (secondary N) is 1. The Hall–Kier alpha value is -2.69. The zero-order valence-corrected chi connectivity index (χ0v) is 12.7. The summed E-state index contributed by atoms with van der Waals surface area (Å²) in [5.74, 6) is -0.0705. The minimum atomic E-state index is -0.373. The van der Waals surface area contributed by atoms with Crippen LogP contribution in [0.15, 0.2) is 48.7 Å². The molecule has 0 saturated carbocycles. The molecule has 0 bridgehead atoms.